The second-order valence-electron chi connectivity index (χ2n) is 4.96. The van der Waals surface area contributed by atoms with Gasteiger partial charge in [-0.3, -0.25) is 9.59 Å². The minimum Gasteiger partial charge on any atom is -0.479 e. The van der Waals surface area contributed by atoms with Crippen LogP contribution in [0.2, 0.25) is 0 Å². The second kappa shape index (κ2) is 4.57. The summed E-state index contributed by atoms with van der Waals surface area (Å²) in [7, 11) is 0. The lowest BCUT2D eigenvalue weighted by Crippen LogP contribution is -2.34. The van der Waals surface area contributed by atoms with Gasteiger partial charge in [0.05, 0.1) is 5.69 Å². The van der Waals surface area contributed by atoms with Crippen molar-refractivity contribution in [2.45, 2.75) is 25.9 Å². The van der Waals surface area contributed by atoms with Gasteiger partial charge in [-0.25, -0.2) is 0 Å². The molecule has 2 amide bonds. The second-order valence-corrected chi connectivity index (χ2v) is 4.96. The van der Waals surface area contributed by atoms with Crippen LogP contribution in [0.1, 0.15) is 30.1 Å². The zero-order chi connectivity index (χ0) is 13.4. The normalized spacial score (nSPS) is 21.6. The number of carbonyl (C=O) groups is 2. The molecule has 100 valence electrons. The predicted octanol–water partition coefficient (Wildman–Crippen LogP) is 1.64. The highest BCUT2D eigenvalue weighted by Gasteiger charge is 2.25. The molecule has 5 heteroatoms. The minimum atomic E-state index is -0.493. The fourth-order valence-corrected chi connectivity index (χ4v) is 2.44. The van der Waals surface area contributed by atoms with Gasteiger partial charge in [-0.2, -0.15) is 0 Å². The zero-order valence-corrected chi connectivity index (χ0v) is 10.8. The van der Waals surface area contributed by atoms with Crippen LogP contribution < -0.4 is 10.1 Å². The molecule has 0 saturated carbocycles. The van der Waals surface area contributed by atoms with E-state index in [-0.39, 0.29) is 11.8 Å². The molecule has 1 fully saturated rings. The van der Waals surface area contributed by atoms with Gasteiger partial charge in [-0.05, 0) is 38.0 Å². The number of nitrogens with zero attached hydrogens (tertiary/aromatic N) is 1. The van der Waals surface area contributed by atoms with Gasteiger partial charge in [0.25, 0.3) is 11.8 Å². The summed E-state index contributed by atoms with van der Waals surface area (Å²) in [6.45, 7) is 3.33. The van der Waals surface area contributed by atoms with E-state index in [1.165, 1.54) is 0 Å². The fourth-order valence-electron chi connectivity index (χ4n) is 2.44. The van der Waals surface area contributed by atoms with Crippen LogP contribution in [0.5, 0.6) is 5.75 Å². The molecular formula is C14H16N2O3. The first-order valence-electron chi connectivity index (χ1n) is 6.56. The Labute approximate surface area is 111 Å². The van der Waals surface area contributed by atoms with Gasteiger partial charge in [0.2, 0.25) is 0 Å². The lowest BCUT2D eigenvalue weighted by Gasteiger charge is -2.24. The summed E-state index contributed by atoms with van der Waals surface area (Å²) >= 11 is 0. The molecular weight excluding hydrogens is 244 g/mol. The van der Waals surface area contributed by atoms with Crippen molar-refractivity contribution < 1.29 is 14.3 Å². The SMILES string of the molecule is CC1Oc2ccc(C(=O)N3CCCC3)cc2NC1=O. The monoisotopic (exact) mass is 260 g/mol. The maximum Gasteiger partial charge on any atom is 0.265 e. The molecule has 1 aromatic rings. The van der Waals surface area contributed by atoms with E-state index in [9.17, 15) is 9.59 Å². The molecule has 2 heterocycles. The van der Waals surface area contributed by atoms with Gasteiger partial charge >= 0.3 is 0 Å². The zero-order valence-electron chi connectivity index (χ0n) is 10.8. The largest absolute Gasteiger partial charge is 0.479 e. The molecule has 19 heavy (non-hydrogen) atoms. The van der Waals surface area contributed by atoms with Crippen molar-refractivity contribution in [3.63, 3.8) is 0 Å². The molecule has 0 radical (unpaired) electrons. The van der Waals surface area contributed by atoms with E-state index in [2.05, 4.69) is 5.32 Å². The summed E-state index contributed by atoms with van der Waals surface area (Å²) in [5, 5.41) is 2.76. The van der Waals surface area contributed by atoms with E-state index < -0.39 is 6.10 Å². The summed E-state index contributed by atoms with van der Waals surface area (Å²) in [5.74, 6) is 0.455. The molecule has 0 spiro atoms. The topological polar surface area (TPSA) is 58.6 Å². The Balaban J connectivity index is 1.87. The van der Waals surface area contributed by atoms with Crippen LogP contribution in [0, 0.1) is 0 Å². The maximum absolute atomic E-state index is 12.3. The van der Waals surface area contributed by atoms with Crippen molar-refractivity contribution in [2.75, 3.05) is 18.4 Å². The number of benzene rings is 1. The number of carbonyl (C=O) groups excluding carboxylic acids is 2. The fraction of sp³-hybridized carbons (Fsp3) is 0.429. The smallest absolute Gasteiger partial charge is 0.265 e. The van der Waals surface area contributed by atoms with E-state index in [1.54, 1.807) is 25.1 Å². The molecule has 5 nitrogen and oxygen atoms in total. The number of fused-ring (bicyclic) bond motifs is 1. The Morgan fingerprint density at radius 3 is 2.84 bits per heavy atom. The Morgan fingerprint density at radius 2 is 2.11 bits per heavy atom. The average molecular weight is 260 g/mol. The summed E-state index contributed by atoms with van der Waals surface area (Å²) in [4.78, 5) is 25.7. The molecule has 0 aromatic heterocycles. The molecule has 1 N–H and O–H groups in total. The molecule has 3 rings (SSSR count). The highest BCUT2D eigenvalue weighted by atomic mass is 16.5. The highest BCUT2D eigenvalue weighted by Crippen LogP contribution is 2.31. The molecule has 2 aliphatic heterocycles. The van der Waals surface area contributed by atoms with E-state index >= 15 is 0 Å². The van der Waals surface area contributed by atoms with Crippen LogP contribution in [-0.2, 0) is 4.79 Å². The molecule has 2 aliphatic rings. The summed E-state index contributed by atoms with van der Waals surface area (Å²) in [6, 6.07) is 5.19. The van der Waals surface area contributed by atoms with E-state index in [1.807, 2.05) is 4.90 Å². The number of anilines is 1. The lowest BCUT2D eigenvalue weighted by molar-refractivity contribution is -0.122. The summed E-state index contributed by atoms with van der Waals surface area (Å²) in [5.41, 5.74) is 1.17. The van der Waals surface area contributed by atoms with Crippen LogP contribution >= 0.6 is 0 Å². The Kier molecular flexibility index (Phi) is 2.89. The van der Waals surface area contributed by atoms with Crippen molar-refractivity contribution in [2.24, 2.45) is 0 Å². The van der Waals surface area contributed by atoms with Crippen molar-refractivity contribution >= 4 is 17.5 Å². The highest BCUT2D eigenvalue weighted by molar-refractivity contribution is 6.01. The van der Waals surface area contributed by atoms with Gasteiger partial charge in [0.15, 0.2) is 6.10 Å². The molecule has 1 unspecified atom stereocenters. The minimum absolute atomic E-state index is 0.0215. The van der Waals surface area contributed by atoms with Gasteiger partial charge in [0.1, 0.15) is 5.75 Å². The number of ether oxygens (including phenoxy) is 1. The first-order valence-corrected chi connectivity index (χ1v) is 6.56. The third kappa shape index (κ3) is 2.16. The number of amides is 2. The average Bonchev–Trinajstić information content (AvgIpc) is 2.93. The number of nitrogens with one attached hydrogen (secondary N) is 1. The third-order valence-corrected chi connectivity index (χ3v) is 3.55. The van der Waals surface area contributed by atoms with Crippen LogP contribution in [0.25, 0.3) is 0 Å². The quantitative estimate of drug-likeness (QED) is 0.835. The Hall–Kier alpha value is -2.04. The molecule has 1 saturated heterocycles. The molecule has 1 atom stereocenters. The van der Waals surface area contributed by atoms with Crippen LogP contribution in [-0.4, -0.2) is 35.9 Å². The van der Waals surface area contributed by atoms with Gasteiger partial charge in [0, 0.05) is 18.7 Å². The van der Waals surface area contributed by atoms with Crippen molar-refractivity contribution in [1.82, 2.24) is 4.90 Å². The van der Waals surface area contributed by atoms with Gasteiger partial charge in [-0.15, -0.1) is 0 Å². The number of likely N-dealkylation sites (tertiary alicyclic amines) is 1. The maximum atomic E-state index is 12.3. The first-order chi connectivity index (χ1) is 9.15. The predicted molar refractivity (Wildman–Crippen MR) is 70.3 cm³/mol. The lowest BCUT2D eigenvalue weighted by atomic mass is 10.1. The third-order valence-electron chi connectivity index (χ3n) is 3.55. The van der Waals surface area contributed by atoms with Crippen molar-refractivity contribution in [3.05, 3.63) is 23.8 Å². The Bertz CT molecular complexity index is 535. The van der Waals surface area contributed by atoms with Gasteiger partial charge in [-0.1, -0.05) is 0 Å². The van der Waals surface area contributed by atoms with E-state index in [4.69, 9.17) is 4.74 Å². The van der Waals surface area contributed by atoms with Crippen molar-refractivity contribution in [1.29, 1.82) is 0 Å². The number of hydrogen-bond donors (Lipinski definition) is 1. The molecule has 1 aromatic carbocycles. The summed E-state index contributed by atoms with van der Waals surface area (Å²) < 4.78 is 5.47. The van der Waals surface area contributed by atoms with Gasteiger partial charge < -0.3 is 15.0 Å². The molecule has 0 bridgehead atoms. The van der Waals surface area contributed by atoms with Crippen LogP contribution in [0.4, 0.5) is 5.69 Å². The molecule has 0 aliphatic carbocycles. The van der Waals surface area contributed by atoms with Crippen molar-refractivity contribution in [3.8, 4) is 5.75 Å². The standard InChI is InChI=1S/C14H16N2O3/c1-9-13(17)15-11-8-10(4-5-12(11)19-9)14(18)16-6-2-3-7-16/h4-5,8-9H,2-3,6-7H2,1H3,(H,15,17). The first kappa shape index (κ1) is 12.0. The van der Waals surface area contributed by atoms with Crippen LogP contribution in [0.3, 0.4) is 0 Å². The summed E-state index contributed by atoms with van der Waals surface area (Å²) in [6.07, 6.45) is 1.63. The number of rotatable bonds is 1. The number of hydrogen-bond acceptors (Lipinski definition) is 3. The Morgan fingerprint density at radius 1 is 1.37 bits per heavy atom. The van der Waals surface area contributed by atoms with Crippen LogP contribution in [0.15, 0.2) is 18.2 Å². The van der Waals surface area contributed by atoms with E-state index in [0.717, 1.165) is 25.9 Å². The van der Waals surface area contributed by atoms with E-state index in [0.29, 0.717) is 17.0 Å².